The van der Waals surface area contributed by atoms with E-state index in [0.717, 1.165) is 36.8 Å². The third-order valence-corrected chi connectivity index (χ3v) is 5.35. The Bertz CT molecular complexity index is 716. The molecule has 1 fully saturated rings. The van der Waals surface area contributed by atoms with Crippen LogP contribution in [0.2, 0.25) is 0 Å². The van der Waals surface area contributed by atoms with Crippen LogP contribution in [-0.4, -0.2) is 12.2 Å². The summed E-state index contributed by atoms with van der Waals surface area (Å²) in [5.41, 5.74) is 12.5. The average Bonchev–Trinajstić information content (AvgIpc) is 2.71. The molecule has 1 saturated carbocycles. The third kappa shape index (κ3) is 5.03. The van der Waals surface area contributed by atoms with Crippen molar-refractivity contribution in [2.75, 3.05) is 0 Å². The van der Waals surface area contributed by atoms with Crippen molar-refractivity contribution in [1.82, 2.24) is 0 Å². The van der Waals surface area contributed by atoms with E-state index in [0.29, 0.717) is 0 Å². The van der Waals surface area contributed by atoms with Gasteiger partial charge in [0.15, 0.2) is 0 Å². The van der Waals surface area contributed by atoms with E-state index in [9.17, 15) is 9.59 Å². The predicted octanol–water partition coefficient (Wildman–Crippen LogP) is 4.47. The Kier molecular flexibility index (Phi) is 6.53. The third-order valence-electron chi connectivity index (χ3n) is 5.35. The molecule has 0 radical (unpaired) electrons. The Hall–Kier alpha value is -3.02. The maximum Gasteiger partial charge on any atom is 0.405 e. The molecule has 6 nitrogen and oxygen atoms in total. The molecule has 6 heteroatoms. The van der Waals surface area contributed by atoms with Crippen molar-refractivity contribution in [2.45, 2.75) is 37.9 Å². The highest BCUT2D eigenvalue weighted by Gasteiger charge is 2.36. The Morgan fingerprint density at radius 1 is 0.750 bits per heavy atom. The molecule has 0 aromatic heterocycles. The largest absolute Gasteiger partial charge is 0.441 e. The van der Waals surface area contributed by atoms with Gasteiger partial charge in [0.25, 0.3) is 0 Å². The molecule has 3 rings (SSSR count). The second-order valence-corrected chi connectivity index (χ2v) is 7.22. The van der Waals surface area contributed by atoms with Crippen LogP contribution in [0.25, 0.3) is 0 Å². The van der Waals surface area contributed by atoms with Gasteiger partial charge in [-0.1, -0.05) is 67.1 Å². The van der Waals surface area contributed by atoms with Crippen LogP contribution in [-0.2, 0) is 9.47 Å². The van der Waals surface area contributed by atoms with Crippen LogP contribution >= 0.6 is 0 Å². The average molecular weight is 382 g/mol. The Morgan fingerprint density at radius 2 is 1.14 bits per heavy atom. The van der Waals surface area contributed by atoms with Gasteiger partial charge < -0.3 is 20.9 Å². The molecule has 4 N–H and O–H groups in total. The molecule has 2 amide bonds. The topological polar surface area (TPSA) is 105 Å². The normalized spacial score (nSPS) is 21.3. The SMILES string of the molecule is NC(=O)OC(c1ccccc1)[C@@H]1CCC[C@H](C(OC(N)=O)c2ccccc2)C1. The minimum atomic E-state index is -0.788. The van der Waals surface area contributed by atoms with Crippen LogP contribution in [0, 0.1) is 11.8 Å². The van der Waals surface area contributed by atoms with Crippen molar-refractivity contribution < 1.29 is 19.1 Å². The molecular weight excluding hydrogens is 356 g/mol. The van der Waals surface area contributed by atoms with Crippen LogP contribution in [0.1, 0.15) is 49.0 Å². The lowest BCUT2D eigenvalue weighted by molar-refractivity contribution is 0.00557. The smallest absolute Gasteiger partial charge is 0.405 e. The molecule has 0 aliphatic heterocycles. The van der Waals surface area contributed by atoms with Crippen LogP contribution in [0.15, 0.2) is 60.7 Å². The van der Waals surface area contributed by atoms with E-state index in [1.165, 1.54) is 0 Å². The molecule has 28 heavy (non-hydrogen) atoms. The van der Waals surface area contributed by atoms with Gasteiger partial charge in [-0.15, -0.1) is 0 Å². The number of hydrogen-bond acceptors (Lipinski definition) is 4. The first kappa shape index (κ1) is 19.7. The molecule has 0 bridgehead atoms. The van der Waals surface area contributed by atoms with Gasteiger partial charge in [-0.25, -0.2) is 9.59 Å². The van der Waals surface area contributed by atoms with E-state index in [1.807, 2.05) is 60.7 Å². The second-order valence-electron chi connectivity index (χ2n) is 7.22. The van der Waals surface area contributed by atoms with Crippen molar-refractivity contribution >= 4 is 12.2 Å². The van der Waals surface area contributed by atoms with Gasteiger partial charge in [0.1, 0.15) is 12.2 Å². The van der Waals surface area contributed by atoms with Gasteiger partial charge in [-0.3, -0.25) is 0 Å². The quantitative estimate of drug-likeness (QED) is 0.769. The van der Waals surface area contributed by atoms with E-state index < -0.39 is 24.4 Å². The van der Waals surface area contributed by atoms with Crippen molar-refractivity contribution in [3.8, 4) is 0 Å². The summed E-state index contributed by atoms with van der Waals surface area (Å²) in [5, 5.41) is 0. The highest BCUT2D eigenvalue weighted by molar-refractivity contribution is 5.65. The number of primary amides is 2. The zero-order valence-electron chi connectivity index (χ0n) is 15.7. The minimum absolute atomic E-state index is 0.0799. The number of nitrogens with two attached hydrogens (primary N) is 2. The fraction of sp³-hybridized carbons (Fsp3) is 0.364. The highest BCUT2D eigenvalue weighted by Crippen LogP contribution is 2.44. The first-order chi connectivity index (χ1) is 13.5. The lowest BCUT2D eigenvalue weighted by Crippen LogP contribution is -2.31. The molecule has 0 spiro atoms. The number of rotatable bonds is 6. The summed E-state index contributed by atoms with van der Waals surface area (Å²) >= 11 is 0. The molecule has 4 atom stereocenters. The standard InChI is InChI=1S/C22H26N2O4/c23-21(25)27-19(15-8-3-1-4-9-15)17-12-7-13-18(14-17)20(28-22(24)26)16-10-5-2-6-11-16/h1-6,8-11,17-20H,7,12-14H2,(H2,23,25)(H2,24,26)/t17-,18+,19?,20?. The van der Waals surface area contributed by atoms with E-state index in [1.54, 1.807) is 0 Å². The molecule has 2 aromatic rings. The zero-order chi connectivity index (χ0) is 19.9. The number of ether oxygens (including phenoxy) is 2. The van der Waals surface area contributed by atoms with Crippen LogP contribution < -0.4 is 11.5 Å². The molecule has 148 valence electrons. The molecule has 2 unspecified atom stereocenters. The highest BCUT2D eigenvalue weighted by atomic mass is 16.6. The van der Waals surface area contributed by atoms with E-state index >= 15 is 0 Å². The first-order valence-corrected chi connectivity index (χ1v) is 9.56. The van der Waals surface area contributed by atoms with Gasteiger partial charge in [-0.2, -0.15) is 0 Å². The Labute approximate surface area is 164 Å². The number of carbonyl (C=O) groups excluding carboxylic acids is 2. The summed E-state index contributed by atoms with van der Waals surface area (Å²) < 4.78 is 11.0. The Balaban J connectivity index is 1.83. The van der Waals surface area contributed by atoms with Gasteiger partial charge in [0.2, 0.25) is 0 Å². The maximum atomic E-state index is 11.5. The summed E-state index contributed by atoms with van der Waals surface area (Å²) in [4.78, 5) is 23.0. The van der Waals surface area contributed by atoms with Crippen LogP contribution in [0.4, 0.5) is 9.59 Å². The van der Waals surface area contributed by atoms with Gasteiger partial charge in [0, 0.05) is 11.8 Å². The number of amides is 2. The molecular formula is C22H26N2O4. The van der Waals surface area contributed by atoms with Crippen molar-refractivity contribution in [2.24, 2.45) is 23.3 Å². The monoisotopic (exact) mass is 382 g/mol. The van der Waals surface area contributed by atoms with E-state index in [-0.39, 0.29) is 11.8 Å². The Morgan fingerprint density at radius 3 is 1.50 bits per heavy atom. The van der Waals surface area contributed by atoms with E-state index in [2.05, 4.69) is 0 Å². The molecule has 1 aliphatic rings. The number of hydrogen-bond donors (Lipinski definition) is 2. The zero-order valence-corrected chi connectivity index (χ0v) is 15.7. The minimum Gasteiger partial charge on any atom is -0.441 e. The van der Waals surface area contributed by atoms with Crippen LogP contribution in [0.3, 0.4) is 0 Å². The lowest BCUT2D eigenvalue weighted by atomic mass is 9.74. The van der Waals surface area contributed by atoms with Crippen molar-refractivity contribution in [1.29, 1.82) is 0 Å². The molecule has 2 aromatic carbocycles. The summed E-state index contributed by atoms with van der Waals surface area (Å²) in [7, 11) is 0. The molecule has 0 heterocycles. The fourth-order valence-corrected chi connectivity index (χ4v) is 4.23. The van der Waals surface area contributed by atoms with Crippen molar-refractivity contribution in [3.05, 3.63) is 71.8 Å². The summed E-state index contributed by atoms with van der Waals surface area (Å²) in [5.74, 6) is 0.160. The molecule has 0 saturated heterocycles. The lowest BCUT2D eigenvalue weighted by Gasteiger charge is -2.37. The molecule has 1 aliphatic carbocycles. The van der Waals surface area contributed by atoms with Gasteiger partial charge >= 0.3 is 12.2 Å². The first-order valence-electron chi connectivity index (χ1n) is 9.56. The summed E-state index contributed by atoms with van der Waals surface area (Å²) in [6.45, 7) is 0. The van der Waals surface area contributed by atoms with Gasteiger partial charge in [0.05, 0.1) is 0 Å². The van der Waals surface area contributed by atoms with E-state index in [4.69, 9.17) is 20.9 Å². The summed E-state index contributed by atoms with van der Waals surface area (Å²) in [6.07, 6.45) is 1.06. The number of benzene rings is 2. The van der Waals surface area contributed by atoms with Crippen LogP contribution in [0.5, 0.6) is 0 Å². The van der Waals surface area contributed by atoms with Gasteiger partial charge in [-0.05, 0) is 30.4 Å². The second kappa shape index (κ2) is 9.26. The number of carbonyl (C=O) groups is 2. The predicted molar refractivity (Wildman–Crippen MR) is 105 cm³/mol. The fourth-order valence-electron chi connectivity index (χ4n) is 4.23. The maximum absolute atomic E-state index is 11.5. The van der Waals surface area contributed by atoms with Crippen molar-refractivity contribution in [3.63, 3.8) is 0 Å². The summed E-state index contributed by atoms with van der Waals surface area (Å²) in [6, 6.07) is 19.2.